The molecule has 114 valence electrons. The maximum atomic E-state index is 5.55. The number of hydrogen-bond donors (Lipinski definition) is 0. The van der Waals surface area contributed by atoms with Crippen LogP contribution in [0.25, 0.3) is 0 Å². The summed E-state index contributed by atoms with van der Waals surface area (Å²) in [4.78, 5) is 0. The maximum Gasteiger partial charge on any atom is 0.119 e. The van der Waals surface area contributed by atoms with Gasteiger partial charge in [0.25, 0.3) is 0 Å². The van der Waals surface area contributed by atoms with Crippen LogP contribution in [-0.2, 0) is 14.2 Å². The minimum absolute atomic E-state index is 0.557. The highest BCUT2D eigenvalue weighted by Crippen LogP contribution is 2.10. The Morgan fingerprint density at radius 1 is 0.750 bits per heavy atom. The topological polar surface area (TPSA) is 36.9 Å². The van der Waals surface area contributed by atoms with Gasteiger partial charge in [-0.2, -0.15) is 0 Å². The summed E-state index contributed by atoms with van der Waals surface area (Å²) in [7, 11) is 0. The third-order valence-electron chi connectivity index (χ3n) is 2.48. The molecular weight excluding hydrogens is 371 g/mol. The molecule has 5 heteroatoms. The van der Waals surface area contributed by atoms with E-state index in [1.807, 2.05) is 24.3 Å². The van der Waals surface area contributed by atoms with Crippen molar-refractivity contribution in [1.29, 1.82) is 0 Å². The summed E-state index contributed by atoms with van der Waals surface area (Å²) < 4.78 is 22.6. The van der Waals surface area contributed by atoms with Crippen molar-refractivity contribution < 1.29 is 18.9 Å². The second-order valence-electron chi connectivity index (χ2n) is 4.19. The van der Waals surface area contributed by atoms with Crippen molar-refractivity contribution in [3.8, 4) is 5.75 Å². The number of benzene rings is 1. The summed E-state index contributed by atoms with van der Waals surface area (Å²) in [5.74, 6) is 0.878. The van der Waals surface area contributed by atoms with Crippen molar-refractivity contribution in [2.75, 3.05) is 50.7 Å². The van der Waals surface area contributed by atoms with Gasteiger partial charge in [0, 0.05) is 4.43 Å². The van der Waals surface area contributed by atoms with Crippen LogP contribution in [-0.4, -0.2) is 50.7 Å². The molecule has 0 atom stereocenters. The second kappa shape index (κ2) is 12.4. The molecule has 1 aromatic carbocycles. The summed E-state index contributed by atoms with van der Waals surface area (Å²) in [6.45, 7) is 6.43. The molecule has 0 heterocycles. The van der Waals surface area contributed by atoms with E-state index in [4.69, 9.17) is 18.9 Å². The van der Waals surface area contributed by atoms with Crippen molar-refractivity contribution in [1.82, 2.24) is 0 Å². The first-order valence-corrected chi connectivity index (χ1v) is 8.34. The largest absolute Gasteiger partial charge is 0.491 e. The molecule has 0 amide bonds. The van der Waals surface area contributed by atoms with Gasteiger partial charge in [0.1, 0.15) is 12.4 Å². The summed E-state index contributed by atoms with van der Waals surface area (Å²) >= 11 is 2.28. The minimum atomic E-state index is 0.557. The van der Waals surface area contributed by atoms with Crippen LogP contribution in [0.4, 0.5) is 0 Å². The van der Waals surface area contributed by atoms with E-state index in [1.54, 1.807) is 0 Å². The molecule has 1 rings (SSSR count). The van der Waals surface area contributed by atoms with Crippen LogP contribution < -0.4 is 4.74 Å². The summed E-state index contributed by atoms with van der Waals surface area (Å²) in [6.07, 6.45) is 0. The molecule has 4 nitrogen and oxygen atoms in total. The fraction of sp³-hybridized carbons (Fsp3) is 0.600. The van der Waals surface area contributed by atoms with Gasteiger partial charge in [0.05, 0.1) is 39.6 Å². The van der Waals surface area contributed by atoms with Crippen LogP contribution in [0.15, 0.2) is 24.3 Å². The van der Waals surface area contributed by atoms with E-state index in [1.165, 1.54) is 5.56 Å². The molecule has 0 aliphatic rings. The standard InChI is InChI=1S/C15H23IO4/c1-14-2-4-15(5-3-14)20-13-12-19-11-10-18-9-8-17-7-6-16/h2-5H,6-13H2,1H3. The van der Waals surface area contributed by atoms with Gasteiger partial charge in [0.2, 0.25) is 0 Å². The molecule has 0 saturated carbocycles. The predicted octanol–water partition coefficient (Wildman–Crippen LogP) is 2.86. The van der Waals surface area contributed by atoms with Gasteiger partial charge in [-0.15, -0.1) is 0 Å². The highest BCUT2D eigenvalue weighted by Gasteiger charge is 1.94. The van der Waals surface area contributed by atoms with Gasteiger partial charge in [0.15, 0.2) is 0 Å². The third kappa shape index (κ3) is 9.52. The van der Waals surface area contributed by atoms with Crippen LogP contribution in [0.2, 0.25) is 0 Å². The van der Waals surface area contributed by atoms with Gasteiger partial charge in [-0.25, -0.2) is 0 Å². The monoisotopic (exact) mass is 394 g/mol. The molecule has 0 saturated heterocycles. The van der Waals surface area contributed by atoms with Crippen LogP contribution in [0.3, 0.4) is 0 Å². The Kier molecular flexibility index (Phi) is 10.9. The Morgan fingerprint density at radius 2 is 1.25 bits per heavy atom. The maximum absolute atomic E-state index is 5.55. The highest BCUT2D eigenvalue weighted by molar-refractivity contribution is 14.1. The Labute approximate surface area is 134 Å². The first-order chi connectivity index (χ1) is 9.83. The Morgan fingerprint density at radius 3 is 1.80 bits per heavy atom. The number of halogens is 1. The number of aryl methyl sites for hydroxylation is 1. The Balaban J connectivity index is 1.84. The molecule has 0 radical (unpaired) electrons. The molecule has 0 aliphatic heterocycles. The molecule has 0 spiro atoms. The van der Waals surface area contributed by atoms with E-state index in [-0.39, 0.29) is 0 Å². The lowest BCUT2D eigenvalue weighted by Crippen LogP contribution is -2.13. The first-order valence-electron chi connectivity index (χ1n) is 6.81. The van der Waals surface area contributed by atoms with Crippen LogP contribution in [0.1, 0.15) is 5.56 Å². The number of alkyl halides is 1. The first kappa shape index (κ1) is 17.7. The van der Waals surface area contributed by atoms with Gasteiger partial charge < -0.3 is 18.9 Å². The SMILES string of the molecule is Cc1ccc(OCCOCCOCCOCCI)cc1. The van der Waals surface area contributed by atoms with Gasteiger partial charge in [-0.3, -0.25) is 0 Å². The normalized spacial score (nSPS) is 10.7. The molecular formula is C15H23IO4. The summed E-state index contributed by atoms with van der Waals surface area (Å²) in [6, 6.07) is 8.00. The Hall–Kier alpha value is -0.370. The van der Waals surface area contributed by atoms with E-state index in [0.717, 1.165) is 16.8 Å². The second-order valence-corrected chi connectivity index (χ2v) is 5.27. The fourth-order valence-corrected chi connectivity index (χ4v) is 1.76. The minimum Gasteiger partial charge on any atom is -0.491 e. The quantitative estimate of drug-likeness (QED) is 0.311. The molecule has 1 aromatic rings. The average molecular weight is 394 g/mol. The zero-order valence-corrected chi connectivity index (χ0v) is 14.1. The van der Waals surface area contributed by atoms with Gasteiger partial charge in [-0.05, 0) is 19.1 Å². The van der Waals surface area contributed by atoms with Crippen LogP contribution in [0.5, 0.6) is 5.75 Å². The van der Waals surface area contributed by atoms with Crippen molar-refractivity contribution >= 4 is 22.6 Å². The molecule has 0 aliphatic carbocycles. The fourth-order valence-electron chi connectivity index (χ4n) is 1.45. The van der Waals surface area contributed by atoms with Crippen molar-refractivity contribution in [3.63, 3.8) is 0 Å². The summed E-state index contributed by atoms with van der Waals surface area (Å²) in [5, 5.41) is 0. The number of rotatable bonds is 12. The lowest BCUT2D eigenvalue weighted by Gasteiger charge is -2.08. The zero-order valence-electron chi connectivity index (χ0n) is 12.0. The summed E-state index contributed by atoms with van der Waals surface area (Å²) in [5.41, 5.74) is 1.23. The Bertz CT molecular complexity index is 329. The molecule has 0 fully saturated rings. The van der Waals surface area contributed by atoms with Crippen LogP contribution in [0, 0.1) is 6.92 Å². The number of hydrogen-bond acceptors (Lipinski definition) is 4. The van der Waals surface area contributed by atoms with E-state index in [9.17, 15) is 0 Å². The zero-order chi connectivity index (χ0) is 14.5. The molecule has 0 aromatic heterocycles. The van der Waals surface area contributed by atoms with Crippen molar-refractivity contribution in [3.05, 3.63) is 29.8 Å². The van der Waals surface area contributed by atoms with E-state index >= 15 is 0 Å². The van der Waals surface area contributed by atoms with Crippen molar-refractivity contribution in [2.24, 2.45) is 0 Å². The molecule has 20 heavy (non-hydrogen) atoms. The molecule has 0 bridgehead atoms. The third-order valence-corrected chi connectivity index (χ3v) is 2.92. The molecule has 0 unspecified atom stereocenters. The smallest absolute Gasteiger partial charge is 0.119 e. The van der Waals surface area contributed by atoms with E-state index in [2.05, 4.69) is 29.5 Å². The average Bonchev–Trinajstić information content (AvgIpc) is 2.47. The van der Waals surface area contributed by atoms with Gasteiger partial charge in [-0.1, -0.05) is 40.3 Å². The lowest BCUT2D eigenvalue weighted by molar-refractivity contribution is 0.0120. The van der Waals surface area contributed by atoms with E-state index in [0.29, 0.717) is 39.6 Å². The predicted molar refractivity (Wildman–Crippen MR) is 88.0 cm³/mol. The lowest BCUT2D eigenvalue weighted by atomic mass is 10.2. The van der Waals surface area contributed by atoms with E-state index < -0.39 is 0 Å². The highest BCUT2D eigenvalue weighted by atomic mass is 127. The number of ether oxygens (including phenoxy) is 4. The molecule has 0 N–H and O–H groups in total. The van der Waals surface area contributed by atoms with Gasteiger partial charge >= 0.3 is 0 Å². The van der Waals surface area contributed by atoms with Crippen molar-refractivity contribution in [2.45, 2.75) is 6.92 Å². The van der Waals surface area contributed by atoms with Crippen LogP contribution >= 0.6 is 22.6 Å².